The molecule has 0 atom stereocenters. The van der Waals surface area contributed by atoms with Crippen LogP contribution in [0.25, 0.3) is 0 Å². The number of benzene rings is 1. The summed E-state index contributed by atoms with van der Waals surface area (Å²) < 4.78 is 37.5. The minimum atomic E-state index is -4.37. The summed E-state index contributed by atoms with van der Waals surface area (Å²) in [6, 6.07) is 3.72. The molecule has 5 heteroatoms. The van der Waals surface area contributed by atoms with Crippen molar-refractivity contribution in [3.8, 4) is 0 Å². The second kappa shape index (κ2) is 3.69. The van der Waals surface area contributed by atoms with E-state index >= 15 is 0 Å². The Morgan fingerprint density at radius 3 is 2.21 bits per heavy atom. The molecule has 0 heterocycles. The van der Waals surface area contributed by atoms with Gasteiger partial charge in [-0.15, -0.1) is 0 Å². The lowest BCUT2D eigenvalue weighted by Gasteiger charge is -2.19. The predicted octanol–water partition coefficient (Wildman–Crippen LogP) is 3.42. The number of alkyl halides is 3. The Bertz CT molecular complexity index is 333. The first-order valence-electron chi connectivity index (χ1n) is 3.86. The number of rotatable bonds is 1. The van der Waals surface area contributed by atoms with Gasteiger partial charge in [0.2, 0.25) is 0 Å². The van der Waals surface area contributed by atoms with Gasteiger partial charge in [0.1, 0.15) is 0 Å². The third kappa shape index (κ3) is 2.32. The van der Waals surface area contributed by atoms with Gasteiger partial charge in [-0.1, -0.05) is 11.6 Å². The molecule has 0 spiro atoms. The van der Waals surface area contributed by atoms with E-state index in [0.29, 0.717) is 0 Å². The molecule has 0 aliphatic rings. The zero-order chi connectivity index (χ0) is 10.9. The first-order chi connectivity index (χ1) is 6.32. The van der Waals surface area contributed by atoms with Crippen LogP contribution in [-0.4, -0.2) is 14.1 Å². The second-order valence-corrected chi connectivity index (χ2v) is 3.49. The monoisotopic (exact) mass is 223 g/mol. The van der Waals surface area contributed by atoms with Crippen molar-refractivity contribution in [2.24, 2.45) is 0 Å². The van der Waals surface area contributed by atoms with Gasteiger partial charge in [-0.05, 0) is 18.2 Å². The number of anilines is 1. The molecular formula is C9H9ClF3N. The molecule has 1 aromatic rings. The van der Waals surface area contributed by atoms with E-state index in [1.54, 1.807) is 14.1 Å². The third-order valence-corrected chi connectivity index (χ3v) is 1.98. The van der Waals surface area contributed by atoms with E-state index in [-0.39, 0.29) is 10.7 Å². The number of hydrogen-bond donors (Lipinski definition) is 0. The summed E-state index contributed by atoms with van der Waals surface area (Å²) in [6.45, 7) is 0. The number of halogens is 4. The van der Waals surface area contributed by atoms with Crippen LogP contribution in [0.1, 0.15) is 5.56 Å². The first kappa shape index (κ1) is 11.2. The molecule has 0 saturated heterocycles. The molecule has 1 rings (SSSR count). The highest BCUT2D eigenvalue weighted by molar-refractivity contribution is 6.30. The Kier molecular flexibility index (Phi) is 2.95. The minimum Gasteiger partial charge on any atom is -0.377 e. The van der Waals surface area contributed by atoms with Gasteiger partial charge in [-0.25, -0.2) is 0 Å². The van der Waals surface area contributed by atoms with Crippen molar-refractivity contribution in [2.45, 2.75) is 6.18 Å². The van der Waals surface area contributed by atoms with E-state index in [1.807, 2.05) is 0 Å². The lowest BCUT2D eigenvalue weighted by molar-refractivity contribution is -0.137. The normalized spacial score (nSPS) is 11.6. The molecular weight excluding hydrogens is 215 g/mol. The van der Waals surface area contributed by atoms with Crippen molar-refractivity contribution in [1.29, 1.82) is 0 Å². The van der Waals surface area contributed by atoms with Crippen LogP contribution < -0.4 is 4.90 Å². The topological polar surface area (TPSA) is 3.24 Å². The van der Waals surface area contributed by atoms with E-state index in [0.717, 1.165) is 6.07 Å². The third-order valence-electron chi connectivity index (χ3n) is 1.75. The molecule has 14 heavy (non-hydrogen) atoms. The second-order valence-electron chi connectivity index (χ2n) is 3.05. The number of hydrogen-bond acceptors (Lipinski definition) is 1. The van der Waals surface area contributed by atoms with Gasteiger partial charge in [0.05, 0.1) is 5.56 Å². The highest BCUT2D eigenvalue weighted by atomic mass is 35.5. The van der Waals surface area contributed by atoms with Gasteiger partial charge < -0.3 is 4.90 Å². The van der Waals surface area contributed by atoms with Crippen molar-refractivity contribution in [3.63, 3.8) is 0 Å². The van der Waals surface area contributed by atoms with Crippen LogP contribution >= 0.6 is 11.6 Å². The molecule has 0 aromatic heterocycles. The van der Waals surface area contributed by atoms with Gasteiger partial charge in [-0.2, -0.15) is 13.2 Å². The maximum Gasteiger partial charge on any atom is 0.418 e. The van der Waals surface area contributed by atoms with Gasteiger partial charge in [0.15, 0.2) is 0 Å². The maximum absolute atomic E-state index is 12.5. The van der Waals surface area contributed by atoms with E-state index in [9.17, 15) is 13.2 Å². The zero-order valence-electron chi connectivity index (χ0n) is 7.69. The summed E-state index contributed by atoms with van der Waals surface area (Å²) in [5.74, 6) is 0. The standard InChI is InChI=1S/C9H9ClF3N/c1-14(2)8-4-3-6(10)5-7(8)9(11,12)13/h3-5H,1-2H3. The highest BCUT2D eigenvalue weighted by Gasteiger charge is 2.34. The predicted molar refractivity (Wildman–Crippen MR) is 50.8 cm³/mol. The fourth-order valence-corrected chi connectivity index (χ4v) is 1.30. The van der Waals surface area contributed by atoms with Crippen LogP contribution in [0.4, 0.5) is 18.9 Å². The summed E-state index contributed by atoms with van der Waals surface area (Å²) in [5.41, 5.74) is -0.600. The van der Waals surface area contributed by atoms with Crippen molar-refractivity contribution in [1.82, 2.24) is 0 Å². The summed E-state index contributed by atoms with van der Waals surface area (Å²) in [5, 5.41) is 0.0860. The molecule has 0 fully saturated rings. The van der Waals surface area contributed by atoms with Gasteiger partial charge in [0, 0.05) is 24.8 Å². The van der Waals surface area contributed by atoms with Crippen LogP contribution in [-0.2, 0) is 6.18 Å². The van der Waals surface area contributed by atoms with Crippen LogP contribution in [0.15, 0.2) is 18.2 Å². The molecule has 0 unspecified atom stereocenters. The van der Waals surface area contributed by atoms with Crippen molar-refractivity contribution >= 4 is 17.3 Å². The van der Waals surface area contributed by atoms with E-state index < -0.39 is 11.7 Å². The molecule has 1 nitrogen and oxygen atoms in total. The highest BCUT2D eigenvalue weighted by Crippen LogP contribution is 2.37. The Morgan fingerprint density at radius 1 is 1.21 bits per heavy atom. The summed E-state index contributed by atoms with van der Waals surface area (Å²) in [4.78, 5) is 1.40. The SMILES string of the molecule is CN(C)c1ccc(Cl)cc1C(F)(F)F. The van der Waals surface area contributed by atoms with E-state index in [4.69, 9.17) is 11.6 Å². The van der Waals surface area contributed by atoms with Crippen LogP contribution in [0.3, 0.4) is 0 Å². The van der Waals surface area contributed by atoms with E-state index in [1.165, 1.54) is 17.0 Å². The van der Waals surface area contributed by atoms with Crippen molar-refractivity contribution in [3.05, 3.63) is 28.8 Å². The molecule has 0 aliphatic carbocycles. The maximum atomic E-state index is 12.5. The molecule has 0 N–H and O–H groups in total. The Hall–Kier alpha value is -0.900. The zero-order valence-corrected chi connectivity index (χ0v) is 8.45. The van der Waals surface area contributed by atoms with Crippen LogP contribution in [0.2, 0.25) is 5.02 Å². The minimum absolute atomic E-state index is 0.0860. The fourth-order valence-electron chi connectivity index (χ4n) is 1.13. The first-order valence-corrected chi connectivity index (χ1v) is 4.24. The lowest BCUT2D eigenvalue weighted by atomic mass is 10.1. The van der Waals surface area contributed by atoms with E-state index in [2.05, 4.69) is 0 Å². The van der Waals surface area contributed by atoms with Crippen molar-refractivity contribution < 1.29 is 13.2 Å². The van der Waals surface area contributed by atoms with Gasteiger partial charge in [-0.3, -0.25) is 0 Å². The summed E-state index contributed by atoms with van der Waals surface area (Å²) in [6.07, 6.45) is -4.37. The summed E-state index contributed by atoms with van der Waals surface area (Å²) >= 11 is 5.51. The lowest BCUT2D eigenvalue weighted by Crippen LogP contribution is -2.16. The molecule has 0 radical (unpaired) electrons. The molecule has 78 valence electrons. The average Bonchev–Trinajstić information content (AvgIpc) is 2.01. The molecule has 0 amide bonds. The Balaban J connectivity index is 3.30. The largest absolute Gasteiger partial charge is 0.418 e. The molecule has 1 aromatic carbocycles. The van der Waals surface area contributed by atoms with Gasteiger partial charge in [0.25, 0.3) is 0 Å². The average molecular weight is 224 g/mol. The smallest absolute Gasteiger partial charge is 0.377 e. The summed E-state index contributed by atoms with van der Waals surface area (Å²) in [7, 11) is 3.11. The molecule has 0 bridgehead atoms. The quantitative estimate of drug-likeness (QED) is 0.705. The van der Waals surface area contributed by atoms with Crippen molar-refractivity contribution in [2.75, 3.05) is 19.0 Å². The number of nitrogens with zero attached hydrogens (tertiary/aromatic N) is 1. The fraction of sp³-hybridized carbons (Fsp3) is 0.333. The van der Waals surface area contributed by atoms with Gasteiger partial charge >= 0.3 is 6.18 Å². The van der Waals surface area contributed by atoms with Crippen LogP contribution in [0, 0.1) is 0 Å². The van der Waals surface area contributed by atoms with Crippen LogP contribution in [0.5, 0.6) is 0 Å². The molecule has 0 aliphatic heterocycles. The molecule has 0 saturated carbocycles. The Morgan fingerprint density at radius 2 is 1.79 bits per heavy atom. The Labute approximate surface area is 85.1 Å².